The summed E-state index contributed by atoms with van der Waals surface area (Å²) in [5.74, 6) is -0.145. The fraction of sp³-hybridized carbons (Fsp3) is 0.286. The van der Waals surface area contributed by atoms with Crippen LogP contribution in [-0.2, 0) is 0 Å². The minimum atomic E-state index is -0.145. The zero-order valence-corrected chi connectivity index (χ0v) is 12.5. The second kappa shape index (κ2) is 5.29. The third kappa shape index (κ3) is 2.03. The van der Waals surface area contributed by atoms with Crippen molar-refractivity contribution in [3.63, 3.8) is 0 Å². The van der Waals surface area contributed by atoms with E-state index in [1.165, 1.54) is 0 Å². The lowest BCUT2D eigenvalue weighted by molar-refractivity contribution is 0.0774. The summed E-state index contributed by atoms with van der Waals surface area (Å²) in [5, 5.41) is 9.01. The first-order chi connectivity index (χ1) is 10.2. The van der Waals surface area contributed by atoms with E-state index in [0.29, 0.717) is 40.4 Å². The standard InChI is InChI=1S/C14H14ClN5O/c1-3-19(4-2)14(21)10-11(15)9-6-5-7-16-12(9)20-8-17-18-13(10)20/h5-8H,3-4H2,1-2H3. The van der Waals surface area contributed by atoms with Gasteiger partial charge in [0.15, 0.2) is 5.65 Å². The van der Waals surface area contributed by atoms with Crippen LogP contribution in [0.1, 0.15) is 24.2 Å². The Morgan fingerprint density at radius 3 is 2.81 bits per heavy atom. The summed E-state index contributed by atoms with van der Waals surface area (Å²) in [7, 11) is 0. The second-order valence-corrected chi connectivity index (χ2v) is 4.94. The number of pyridine rings is 2. The highest BCUT2D eigenvalue weighted by Gasteiger charge is 2.24. The number of fused-ring (bicyclic) bond motifs is 3. The van der Waals surface area contributed by atoms with E-state index in [9.17, 15) is 4.79 Å². The number of aromatic nitrogens is 4. The molecule has 7 heteroatoms. The van der Waals surface area contributed by atoms with E-state index in [2.05, 4.69) is 15.2 Å². The van der Waals surface area contributed by atoms with E-state index in [1.54, 1.807) is 27.9 Å². The molecule has 0 spiro atoms. The van der Waals surface area contributed by atoms with Crippen LogP contribution in [0.2, 0.25) is 5.02 Å². The van der Waals surface area contributed by atoms with E-state index in [4.69, 9.17) is 11.6 Å². The molecule has 0 atom stereocenters. The lowest BCUT2D eigenvalue weighted by Gasteiger charge is -2.20. The van der Waals surface area contributed by atoms with Gasteiger partial charge in [-0.1, -0.05) is 11.6 Å². The molecule has 0 bridgehead atoms. The number of carbonyl (C=O) groups is 1. The number of halogens is 1. The van der Waals surface area contributed by atoms with Gasteiger partial charge in [-0.2, -0.15) is 0 Å². The van der Waals surface area contributed by atoms with Crippen molar-refractivity contribution in [1.29, 1.82) is 0 Å². The number of rotatable bonds is 3. The van der Waals surface area contributed by atoms with E-state index in [0.717, 1.165) is 0 Å². The summed E-state index contributed by atoms with van der Waals surface area (Å²) in [6.07, 6.45) is 3.21. The molecule has 0 fully saturated rings. The van der Waals surface area contributed by atoms with Crippen LogP contribution in [0, 0.1) is 0 Å². The minimum Gasteiger partial charge on any atom is -0.339 e. The first-order valence-corrected chi connectivity index (χ1v) is 7.12. The molecule has 6 nitrogen and oxygen atoms in total. The quantitative estimate of drug-likeness (QED) is 0.745. The summed E-state index contributed by atoms with van der Waals surface area (Å²) in [6.45, 7) is 5.08. The van der Waals surface area contributed by atoms with Gasteiger partial charge in [0.05, 0.1) is 5.02 Å². The molecule has 0 radical (unpaired) electrons. The number of hydrogen-bond donors (Lipinski definition) is 0. The third-order valence-corrected chi connectivity index (χ3v) is 3.90. The van der Waals surface area contributed by atoms with Crippen LogP contribution >= 0.6 is 11.6 Å². The van der Waals surface area contributed by atoms with Gasteiger partial charge in [-0.3, -0.25) is 9.20 Å². The molecular weight excluding hydrogens is 290 g/mol. The molecule has 0 unspecified atom stereocenters. The Balaban J connectivity index is 2.37. The van der Waals surface area contributed by atoms with Gasteiger partial charge in [0.2, 0.25) is 0 Å². The minimum absolute atomic E-state index is 0.145. The summed E-state index contributed by atoms with van der Waals surface area (Å²) >= 11 is 6.46. The van der Waals surface area contributed by atoms with Crippen molar-refractivity contribution < 1.29 is 4.79 Å². The Hall–Kier alpha value is -2.21. The summed E-state index contributed by atoms with van der Waals surface area (Å²) in [4.78, 5) is 18.7. The summed E-state index contributed by atoms with van der Waals surface area (Å²) in [5.41, 5.74) is 1.44. The van der Waals surface area contributed by atoms with Crippen LogP contribution in [-0.4, -0.2) is 43.5 Å². The normalized spacial score (nSPS) is 11.2. The fourth-order valence-corrected chi connectivity index (χ4v) is 2.72. The Kier molecular flexibility index (Phi) is 3.47. The zero-order valence-electron chi connectivity index (χ0n) is 11.7. The molecular formula is C14H14ClN5O. The summed E-state index contributed by atoms with van der Waals surface area (Å²) in [6, 6.07) is 3.62. The Bertz CT molecular complexity index is 825. The van der Waals surface area contributed by atoms with Gasteiger partial charge in [-0.05, 0) is 26.0 Å². The monoisotopic (exact) mass is 303 g/mol. The summed E-state index contributed by atoms with van der Waals surface area (Å²) < 4.78 is 1.69. The van der Waals surface area contributed by atoms with Gasteiger partial charge in [0.1, 0.15) is 17.5 Å². The predicted molar refractivity (Wildman–Crippen MR) is 80.5 cm³/mol. The molecule has 0 saturated heterocycles. The average Bonchev–Trinajstić information content (AvgIpc) is 2.98. The first-order valence-electron chi connectivity index (χ1n) is 6.74. The van der Waals surface area contributed by atoms with Crippen molar-refractivity contribution in [2.24, 2.45) is 0 Å². The average molecular weight is 304 g/mol. The molecule has 3 heterocycles. The number of hydrogen-bond acceptors (Lipinski definition) is 4. The number of amides is 1. The van der Waals surface area contributed by atoms with Gasteiger partial charge in [0, 0.05) is 24.7 Å². The van der Waals surface area contributed by atoms with Gasteiger partial charge in [-0.15, -0.1) is 10.2 Å². The molecule has 0 aliphatic rings. The van der Waals surface area contributed by atoms with Crippen molar-refractivity contribution in [3.05, 3.63) is 35.2 Å². The smallest absolute Gasteiger partial charge is 0.259 e. The zero-order chi connectivity index (χ0) is 15.0. The Labute approximate surface area is 126 Å². The molecule has 3 aromatic heterocycles. The topological polar surface area (TPSA) is 63.4 Å². The number of nitrogens with zero attached hydrogens (tertiary/aromatic N) is 5. The molecule has 0 aliphatic carbocycles. The molecule has 21 heavy (non-hydrogen) atoms. The lowest BCUT2D eigenvalue weighted by Crippen LogP contribution is -2.31. The molecule has 0 aliphatic heterocycles. The Morgan fingerprint density at radius 1 is 1.33 bits per heavy atom. The maximum absolute atomic E-state index is 12.7. The van der Waals surface area contributed by atoms with Crippen molar-refractivity contribution in [2.45, 2.75) is 13.8 Å². The largest absolute Gasteiger partial charge is 0.339 e. The highest BCUT2D eigenvalue weighted by Crippen LogP contribution is 2.29. The first kappa shape index (κ1) is 13.8. The van der Waals surface area contributed by atoms with Crippen molar-refractivity contribution >= 4 is 34.2 Å². The van der Waals surface area contributed by atoms with Gasteiger partial charge >= 0.3 is 0 Å². The maximum Gasteiger partial charge on any atom is 0.259 e. The van der Waals surface area contributed by atoms with E-state index in [1.807, 2.05) is 19.9 Å². The maximum atomic E-state index is 12.7. The van der Waals surface area contributed by atoms with E-state index < -0.39 is 0 Å². The van der Waals surface area contributed by atoms with Gasteiger partial charge in [-0.25, -0.2) is 4.98 Å². The third-order valence-electron chi connectivity index (χ3n) is 3.51. The van der Waals surface area contributed by atoms with Crippen LogP contribution < -0.4 is 0 Å². The highest BCUT2D eigenvalue weighted by molar-refractivity contribution is 6.39. The van der Waals surface area contributed by atoms with Crippen LogP contribution in [0.25, 0.3) is 16.7 Å². The van der Waals surface area contributed by atoms with Gasteiger partial charge < -0.3 is 4.90 Å². The van der Waals surface area contributed by atoms with Crippen LogP contribution in [0.5, 0.6) is 0 Å². The van der Waals surface area contributed by atoms with Crippen LogP contribution in [0.15, 0.2) is 24.7 Å². The lowest BCUT2D eigenvalue weighted by atomic mass is 10.1. The van der Waals surface area contributed by atoms with Crippen molar-refractivity contribution in [2.75, 3.05) is 13.1 Å². The van der Waals surface area contributed by atoms with Crippen LogP contribution in [0.3, 0.4) is 0 Å². The van der Waals surface area contributed by atoms with E-state index in [-0.39, 0.29) is 5.91 Å². The molecule has 3 aromatic rings. The SMILES string of the molecule is CCN(CC)C(=O)c1c(Cl)c2cccnc2n2cnnc12. The van der Waals surface area contributed by atoms with Crippen LogP contribution in [0.4, 0.5) is 0 Å². The molecule has 1 amide bonds. The van der Waals surface area contributed by atoms with Crippen molar-refractivity contribution in [3.8, 4) is 0 Å². The highest BCUT2D eigenvalue weighted by atomic mass is 35.5. The molecule has 3 rings (SSSR count). The van der Waals surface area contributed by atoms with E-state index >= 15 is 0 Å². The molecule has 0 saturated carbocycles. The van der Waals surface area contributed by atoms with Gasteiger partial charge in [0.25, 0.3) is 5.91 Å². The second-order valence-electron chi connectivity index (χ2n) is 4.57. The molecule has 0 N–H and O–H groups in total. The fourth-order valence-electron chi connectivity index (χ4n) is 2.41. The Morgan fingerprint density at radius 2 is 2.10 bits per heavy atom. The molecule has 108 valence electrons. The van der Waals surface area contributed by atoms with Crippen molar-refractivity contribution in [1.82, 2.24) is 24.5 Å². The number of carbonyl (C=O) groups excluding carboxylic acids is 1. The predicted octanol–water partition coefficient (Wildman–Crippen LogP) is 2.41. The molecule has 0 aromatic carbocycles.